The molecule has 0 amide bonds. The molecule has 1 fully saturated rings. The Bertz CT molecular complexity index is 544. The number of methoxy groups -OCH3 is 1. The topological polar surface area (TPSA) is 64.6 Å². The lowest BCUT2D eigenvalue weighted by molar-refractivity contribution is -0.142. The first-order valence-electron chi connectivity index (χ1n) is 7.02. The van der Waals surface area contributed by atoms with E-state index in [-0.39, 0.29) is 18.0 Å². The smallest absolute Gasteiger partial charge is 0.338 e. The fourth-order valence-electron chi connectivity index (χ4n) is 2.83. The molecule has 0 radical (unpaired) electrons. The van der Waals surface area contributed by atoms with Gasteiger partial charge in [0.15, 0.2) is 0 Å². The Morgan fingerprint density at radius 2 is 1.81 bits per heavy atom. The van der Waals surface area contributed by atoms with Gasteiger partial charge in [-0.2, -0.15) is 0 Å². The molecule has 5 nitrogen and oxygen atoms in total. The van der Waals surface area contributed by atoms with Crippen LogP contribution in [0.3, 0.4) is 0 Å². The lowest BCUT2D eigenvalue weighted by Crippen LogP contribution is -2.31. The van der Waals surface area contributed by atoms with Crippen molar-refractivity contribution >= 4 is 11.9 Å². The van der Waals surface area contributed by atoms with Gasteiger partial charge < -0.3 is 14.8 Å². The van der Waals surface area contributed by atoms with Crippen LogP contribution in [0.4, 0.5) is 0 Å². The van der Waals surface area contributed by atoms with Gasteiger partial charge >= 0.3 is 11.9 Å². The quantitative estimate of drug-likeness (QED) is 0.858. The molecule has 0 bridgehead atoms. The van der Waals surface area contributed by atoms with Crippen LogP contribution in [-0.2, 0) is 14.3 Å². The fraction of sp³-hybridized carbons (Fsp3) is 0.500. The van der Waals surface area contributed by atoms with Gasteiger partial charge in [-0.1, -0.05) is 17.7 Å². The molecule has 1 aliphatic rings. The zero-order valence-electron chi connectivity index (χ0n) is 12.9. The van der Waals surface area contributed by atoms with Crippen LogP contribution in [0.5, 0.6) is 0 Å². The van der Waals surface area contributed by atoms with E-state index in [1.807, 2.05) is 32.9 Å². The van der Waals surface area contributed by atoms with Gasteiger partial charge in [0.05, 0.1) is 12.7 Å². The third kappa shape index (κ3) is 3.42. The zero-order chi connectivity index (χ0) is 15.6. The SMILES string of the molecule is COC(=O)[C@@H]1CC(OC(=O)c2c(C)cc(C)cc2C)CN1. The van der Waals surface area contributed by atoms with Gasteiger partial charge in [-0.3, -0.25) is 4.79 Å². The molecular weight excluding hydrogens is 270 g/mol. The second-order valence-electron chi connectivity index (χ2n) is 5.52. The molecule has 5 heteroatoms. The molecule has 0 spiro atoms. The molecular formula is C16H21NO4. The van der Waals surface area contributed by atoms with E-state index in [1.165, 1.54) is 7.11 Å². The normalized spacial score (nSPS) is 21.1. The predicted molar refractivity (Wildman–Crippen MR) is 78.3 cm³/mol. The second-order valence-corrected chi connectivity index (χ2v) is 5.52. The summed E-state index contributed by atoms with van der Waals surface area (Å²) in [7, 11) is 1.35. The Morgan fingerprint density at radius 1 is 1.19 bits per heavy atom. The summed E-state index contributed by atoms with van der Waals surface area (Å²) in [6.45, 7) is 6.27. The molecule has 1 saturated heterocycles. The van der Waals surface area contributed by atoms with E-state index >= 15 is 0 Å². The van der Waals surface area contributed by atoms with Crippen molar-refractivity contribution in [1.29, 1.82) is 0 Å². The summed E-state index contributed by atoms with van der Waals surface area (Å²) in [5, 5.41) is 3.00. The van der Waals surface area contributed by atoms with E-state index in [1.54, 1.807) is 0 Å². The van der Waals surface area contributed by atoms with Crippen LogP contribution >= 0.6 is 0 Å². The number of esters is 2. The summed E-state index contributed by atoms with van der Waals surface area (Å²) < 4.78 is 10.2. The van der Waals surface area contributed by atoms with E-state index < -0.39 is 6.04 Å². The van der Waals surface area contributed by atoms with Crippen molar-refractivity contribution in [2.75, 3.05) is 13.7 Å². The Balaban J connectivity index is 2.05. The van der Waals surface area contributed by atoms with Crippen LogP contribution in [0.25, 0.3) is 0 Å². The van der Waals surface area contributed by atoms with Gasteiger partial charge in [0, 0.05) is 13.0 Å². The van der Waals surface area contributed by atoms with Gasteiger partial charge in [0.1, 0.15) is 12.1 Å². The number of benzene rings is 1. The molecule has 0 aliphatic carbocycles. The first kappa shape index (κ1) is 15.5. The van der Waals surface area contributed by atoms with Crippen molar-refractivity contribution in [3.05, 3.63) is 34.4 Å². The first-order chi connectivity index (χ1) is 9.92. The largest absolute Gasteiger partial charge is 0.468 e. The van der Waals surface area contributed by atoms with Crippen LogP contribution in [0.1, 0.15) is 33.5 Å². The average Bonchev–Trinajstić information content (AvgIpc) is 2.85. The number of carbonyl (C=O) groups is 2. The number of hydrogen-bond donors (Lipinski definition) is 1. The highest BCUT2D eigenvalue weighted by Gasteiger charge is 2.33. The summed E-state index contributed by atoms with van der Waals surface area (Å²) in [4.78, 5) is 23.8. The molecule has 1 aliphatic heterocycles. The molecule has 0 saturated carbocycles. The summed E-state index contributed by atoms with van der Waals surface area (Å²) >= 11 is 0. The minimum Gasteiger partial charge on any atom is -0.468 e. The Labute approximate surface area is 124 Å². The maximum atomic E-state index is 12.3. The molecule has 21 heavy (non-hydrogen) atoms. The maximum Gasteiger partial charge on any atom is 0.338 e. The minimum absolute atomic E-state index is 0.304. The molecule has 1 heterocycles. The van der Waals surface area contributed by atoms with Crippen molar-refractivity contribution in [2.24, 2.45) is 0 Å². The number of rotatable bonds is 3. The fourth-order valence-corrected chi connectivity index (χ4v) is 2.83. The Morgan fingerprint density at radius 3 is 2.38 bits per heavy atom. The predicted octanol–water partition coefficient (Wildman–Crippen LogP) is 1.67. The third-order valence-corrected chi connectivity index (χ3v) is 3.73. The molecule has 1 N–H and O–H groups in total. The van der Waals surface area contributed by atoms with Crippen LogP contribution in [0, 0.1) is 20.8 Å². The van der Waals surface area contributed by atoms with Gasteiger partial charge in [0.2, 0.25) is 0 Å². The van der Waals surface area contributed by atoms with Crippen molar-refractivity contribution in [3.63, 3.8) is 0 Å². The first-order valence-corrected chi connectivity index (χ1v) is 7.02. The van der Waals surface area contributed by atoms with Gasteiger partial charge in [-0.25, -0.2) is 4.79 Å². The number of hydrogen-bond acceptors (Lipinski definition) is 5. The van der Waals surface area contributed by atoms with Crippen molar-refractivity contribution in [1.82, 2.24) is 5.32 Å². The Kier molecular flexibility index (Phi) is 4.63. The average molecular weight is 291 g/mol. The van der Waals surface area contributed by atoms with E-state index in [2.05, 4.69) is 10.1 Å². The van der Waals surface area contributed by atoms with E-state index in [0.29, 0.717) is 18.5 Å². The van der Waals surface area contributed by atoms with Crippen molar-refractivity contribution < 1.29 is 19.1 Å². The molecule has 2 rings (SSSR count). The maximum absolute atomic E-state index is 12.3. The summed E-state index contributed by atoms with van der Waals surface area (Å²) in [5.41, 5.74) is 3.55. The number of aryl methyl sites for hydroxylation is 3. The standard InChI is InChI=1S/C16H21NO4/c1-9-5-10(2)14(11(3)6-9)16(19)21-12-7-13(17-8-12)15(18)20-4/h5-6,12-13,17H,7-8H2,1-4H3/t12?,13-/m0/s1. The number of ether oxygens (including phenoxy) is 2. The lowest BCUT2D eigenvalue weighted by atomic mass is 10.00. The number of carbonyl (C=O) groups excluding carboxylic acids is 2. The minimum atomic E-state index is -0.395. The summed E-state index contributed by atoms with van der Waals surface area (Å²) in [5.74, 6) is -0.654. The van der Waals surface area contributed by atoms with Gasteiger partial charge in [0.25, 0.3) is 0 Å². The zero-order valence-corrected chi connectivity index (χ0v) is 12.9. The highest BCUT2D eigenvalue weighted by Crippen LogP contribution is 2.20. The summed E-state index contributed by atoms with van der Waals surface area (Å²) in [6, 6.07) is 3.54. The van der Waals surface area contributed by atoms with Gasteiger partial charge in [-0.05, 0) is 31.9 Å². The monoisotopic (exact) mass is 291 g/mol. The number of nitrogens with one attached hydrogen (secondary N) is 1. The van der Waals surface area contributed by atoms with Crippen molar-refractivity contribution in [2.45, 2.75) is 39.3 Å². The van der Waals surface area contributed by atoms with Crippen molar-refractivity contribution in [3.8, 4) is 0 Å². The van der Waals surface area contributed by atoms with Gasteiger partial charge in [-0.15, -0.1) is 0 Å². The molecule has 0 aromatic heterocycles. The highest BCUT2D eigenvalue weighted by molar-refractivity contribution is 5.93. The highest BCUT2D eigenvalue weighted by atomic mass is 16.5. The van der Waals surface area contributed by atoms with Crippen LogP contribution in [-0.4, -0.2) is 37.7 Å². The van der Waals surface area contributed by atoms with Crippen LogP contribution in [0.15, 0.2) is 12.1 Å². The molecule has 114 valence electrons. The van der Waals surface area contributed by atoms with E-state index in [4.69, 9.17) is 4.74 Å². The summed E-state index contributed by atoms with van der Waals surface area (Å²) in [6.07, 6.45) is 0.143. The second kappa shape index (κ2) is 6.26. The molecule has 1 aromatic rings. The molecule has 2 atom stereocenters. The van der Waals surface area contributed by atoms with Crippen LogP contribution < -0.4 is 5.32 Å². The Hall–Kier alpha value is -1.88. The van der Waals surface area contributed by atoms with E-state index in [0.717, 1.165) is 16.7 Å². The molecule has 1 aromatic carbocycles. The third-order valence-electron chi connectivity index (χ3n) is 3.73. The van der Waals surface area contributed by atoms with Crippen LogP contribution in [0.2, 0.25) is 0 Å². The molecule has 1 unspecified atom stereocenters. The van der Waals surface area contributed by atoms with E-state index in [9.17, 15) is 9.59 Å². The lowest BCUT2D eigenvalue weighted by Gasteiger charge is -2.14.